The summed E-state index contributed by atoms with van der Waals surface area (Å²) in [7, 11) is 16.9. The SMILES string of the molecule is Cc1c(-c2cccc[n+]2C)cc2ccccc2c1-c1cccc[n+]1C.Cc1c(-c2cccc[n+]2C)ccc2c3ccccc3c3ccc[n+](C)c3c12.Cc1c(-c2cccc[n+]2C)cccc1-c1c2ccccc2cc[n+]1C.Cc1c(-c2cccc[n+]2C)cccc1-c1cc2ccccc2c[n+]1C. The van der Waals surface area contributed by atoms with E-state index in [1.165, 1.54) is 166 Å². The Morgan fingerprint density at radius 1 is 0.206 bits per heavy atom. The molecule has 0 fully saturated rings. The Balaban J connectivity index is 0.000000115. The third-order valence-electron chi connectivity index (χ3n) is 20.6. The molecule has 17 rings (SSSR count). The lowest BCUT2D eigenvalue weighted by Crippen LogP contribution is -2.31. The van der Waals surface area contributed by atoms with Crippen LogP contribution in [0.4, 0.5) is 0 Å². The maximum absolute atomic E-state index is 2.31. The molecule has 0 saturated heterocycles. The molecule has 102 heavy (non-hydrogen) atoms. The van der Waals surface area contributed by atoms with Crippen LogP contribution in [0.15, 0.2) is 316 Å². The molecule has 0 spiro atoms. The molecule has 0 unspecified atom stereocenters. The van der Waals surface area contributed by atoms with Crippen LogP contribution in [-0.2, 0) is 56.4 Å². The van der Waals surface area contributed by atoms with Gasteiger partial charge in [0, 0.05) is 107 Å². The van der Waals surface area contributed by atoms with Crippen molar-refractivity contribution in [3.05, 3.63) is 339 Å². The molecule has 0 radical (unpaired) electrons. The molecule has 17 aromatic rings. The van der Waals surface area contributed by atoms with E-state index < -0.39 is 0 Å². The standard InChI is InChI=1S/C25H22N2.3C23H22N2/c1-17-18(23-12-6-7-15-26(23)2)13-14-21-19-9-4-5-10-20(19)22-11-8-16-27(3)25(22)24(17)21;1-17-20(21-12-6-8-14-24(21)2)16-18-10-4-5-11-19(18)23(17)22-13-7-9-15-25(22)3;1-17-19(22-13-6-7-15-24(22)2)11-8-12-20(17)23-21-10-5-4-9-18(21)14-16-25(23)3;1-17-20(22-13-6-7-14-24(22)2)11-8-12-21(17)23-15-18-9-4-5-10-19(18)16-25(23)3/h4-16H,1-3H3;3*4-16H,1-3H3/q4*+2. The Kier molecular flexibility index (Phi) is 19.0. The Morgan fingerprint density at radius 2 is 0.618 bits per heavy atom. The Hall–Kier alpha value is -12.3. The lowest BCUT2D eigenvalue weighted by atomic mass is 9.91. The van der Waals surface area contributed by atoms with Gasteiger partial charge in [0.15, 0.2) is 49.6 Å². The van der Waals surface area contributed by atoms with Crippen LogP contribution in [0.5, 0.6) is 0 Å². The van der Waals surface area contributed by atoms with Gasteiger partial charge in [-0.15, -0.1) is 0 Å². The van der Waals surface area contributed by atoms with E-state index in [1.54, 1.807) is 0 Å². The molecule has 0 N–H and O–H groups in total. The molecule has 0 aliphatic heterocycles. The highest BCUT2D eigenvalue weighted by Gasteiger charge is 2.26. The van der Waals surface area contributed by atoms with Crippen LogP contribution < -0.4 is 36.5 Å². The van der Waals surface area contributed by atoms with E-state index in [9.17, 15) is 0 Å². The smallest absolute Gasteiger partial charge is 0.201 e. The summed E-state index contributed by atoms with van der Waals surface area (Å²) in [6, 6.07) is 95.2. The fourth-order valence-electron chi connectivity index (χ4n) is 15.2. The third kappa shape index (κ3) is 12.8. The van der Waals surface area contributed by atoms with Gasteiger partial charge in [0.05, 0.1) is 32.8 Å². The summed E-state index contributed by atoms with van der Waals surface area (Å²) in [5, 5.41) is 14.2. The number of rotatable bonds is 7. The molecule has 0 aliphatic carbocycles. The van der Waals surface area contributed by atoms with E-state index in [-0.39, 0.29) is 0 Å². The zero-order valence-corrected chi connectivity index (χ0v) is 60.6. The lowest BCUT2D eigenvalue weighted by molar-refractivity contribution is -0.660. The first kappa shape index (κ1) is 66.9. The molecule has 8 aromatic heterocycles. The molecule has 9 aromatic carbocycles. The molecule has 8 nitrogen and oxygen atoms in total. The van der Waals surface area contributed by atoms with Crippen LogP contribution in [0, 0.1) is 27.7 Å². The highest BCUT2D eigenvalue weighted by atomic mass is 15.0. The number of aryl methyl sites for hydroxylation is 9. The number of nitrogens with zero attached hydrogens (tertiary/aromatic N) is 8. The van der Waals surface area contributed by atoms with Gasteiger partial charge >= 0.3 is 0 Å². The lowest BCUT2D eigenvalue weighted by Gasteiger charge is -2.13. The van der Waals surface area contributed by atoms with Crippen LogP contribution in [0.1, 0.15) is 22.3 Å². The maximum Gasteiger partial charge on any atom is 0.221 e. The van der Waals surface area contributed by atoms with Crippen molar-refractivity contribution in [2.45, 2.75) is 27.7 Å². The van der Waals surface area contributed by atoms with Crippen LogP contribution in [0.3, 0.4) is 0 Å². The van der Waals surface area contributed by atoms with Crippen molar-refractivity contribution in [3.63, 3.8) is 0 Å². The van der Waals surface area contributed by atoms with E-state index in [2.05, 4.69) is 437 Å². The molecular weight excluding hydrogens is 1240 g/mol. The van der Waals surface area contributed by atoms with Crippen molar-refractivity contribution in [2.24, 2.45) is 56.4 Å². The molecule has 8 heteroatoms. The summed E-state index contributed by atoms with van der Waals surface area (Å²) < 4.78 is 17.6. The van der Waals surface area contributed by atoms with Gasteiger partial charge in [-0.3, -0.25) is 0 Å². The first-order chi connectivity index (χ1) is 49.6. The number of hydrogen-bond acceptors (Lipinski definition) is 0. The normalized spacial score (nSPS) is 11.1. The number of fused-ring (bicyclic) bond motifs is 9. The van der Waals surface area contributed by atoms with Gasteiger partial charge in [-0.1, -0.05) is 103 Å². The van der Waals surface area contributed by atoms with E-state index in [0.717, 1.165) is 0 Å². The van der Waals surface area contributed by atoms with Gasteiger partial charge in [-0.05, 0) is 173 Å². The average molecular weight is 1330 g/mol. The van der Waals surface area contributed by atoms with Crippen molar-refractivity contribution in [2.75, 3.05) is 0 Å². The molecular formula is C94H88N8+8. The number of aromatic nitrogens is 8. The summed E-state index contributed by atoms with van der Waals surface area (Å²) in [6.45, 7) is 8.93. The molecule has 496 valence electrons. The van der Waals surface area contributed by atoms with Crippen LogP contribution >= 0.6 is 0 Å². The Labute approximate surface area is 599 Å². The van der Waals surface area contributed by atoms with E-state index in [0.29, 0.717) is 0 Å². The topological polar surface area (TPSA) is 31.0 Å². The van der Waals surface area contributed by atoms with Gasteiger partial charge in [0.25, 0.3) is 0 Å². The predicted octanol–water partition coefficient (Wildman–Crippen LogP) is 17.2. The first-order valence-corrected chi connectivity index (χ1v) is 35.1. The molecule has 8 heterocycles. The summed E-state index contributed by atoms with van der Waals surface area (Å²) in [5.74, 6) is 0. The average Bonchev–Trinajstić information content (AvgIpc) is 0.734. The largest absolute Gasteiger partial charge is 0.221 e. The Morgan fingerprint density at radius 3 is 1.18 bits per heavy atom. The van der Waals surface area contributed by atoms with Crippen LogP contribution in [-0.4, -0.2) is 0 Å². The summed E-state index contributed by atoms with van der Waals surface area (Å²) in [5.41, 5.74) is 24.1. The number of benzene rings is 9. The summed E-state index contributed by atoms with van der Waals surface area (Å²) in [6.07, 6.45) is 17.0. The van der Waals surface area contributed by atoms with Crippen molar-refractivity contribution >= 4 is 64.8 Å². The van der Waals surface area contributed by atoms with Crippen LogP contribution in [0.25, 0.3) is 144 Å². The van der Waals surface area contributed by atoms with Gasteiger partial charge in [-0.25, -0.2) is 36.5 Å². The molecule has 0 aliphatic rings. The monoisotopic (exact) mass is 1330 g/mol. The van der Waals surface area contributed by atoms with E-state index >= 15 is 0 Å². The minimum Gasteiger partial charge on any atom is -0.201 e. The zero-order chi connectivity index (χ0) is 70.7. The molecule has 0 bridgehead atoms. The van der Waals surface area contributed by atoms with Crippen molar-refractivity contribution in [1.29, 1.82) is 0 Å². The third-order valence-corrected chi connectivity index (χ3v) is 20.6. The summed E-state index contributed by atoms with van der Waals surface area (Å²) >= 11 is 0. The van der Waals surface area contributed by atoms with Crippen molar-refractivity contribution in [3.8, 4) is 78.8 Å². The second-order valence-corrected chi connectivity index (χ2v) is 26.9. The Bertz CT molecular complexity index is 6060. The predicted molar refractivity (Wildman–Crippen MR) is 417 cm³/mol. The number of hydrogen-bond donors (Lipinski definition) is 0. The summed E-state index contributed by atoms with van der Waals surface area (Å²) in [4.78, 5) is 0. The first-order valence-electron chi connectivity index (χ1n) is 35.1. The zero-order valence-electron chi connectivity index (χ0n) is 60.6. The highest BCUT2D eigenvalue weighted by molar-refractivity contribution is 6.24. The van der Waals surface area contributed by atoms with Gasteiger partial charge < -0.3 is 0 Å². The molecule has 0 amide bonds. The van der Waals surface area contributed by atoms with Gasteiger partial charge in [-0.2, -0.15) is 0 Å². The quantitative estimate of drug-likeness (QED) is 0.112. The van der Waals surface area contributed by atoms with Gasteiger partial charge in [0.1, 0.15) is 56.4 Å². The van der Waals surface area contributed by atoms with E-state index in [4.69, 9.17) is 0 Å². The van der Waals surface area contributed by atoms with Gasteiger partial charge in [0.2, 0.25) is 45.4 Å². The maximum atomic E-state index is 2.31. The minimum atomic E-state index is 1.23. The van der Waals surface area contributed by atoms with Crippen LogP contribution in [0.2, 0.25) is 0 Å². The second kappa shape index (κ2) is 28.9. The fraction of sp³-hybridized carbons (Fsp3) is 0.128. The highest BCUT2D eigenvalue weighted by Crippen LogP contribution is 2.40. The fourth-order valence-corrected chi connectivity index (χ4v) is 15.2. The molecule has 0 atom stereocenters. The van der Waals surface area contributed by atoms with Crippen molar-refractivity contribution in [1.82, 2.24) is 0 Å². The minimum absolute atomic E-state index is 1.23. The van der Waals surface area contributed by atoms with E-state index in [1.807, 2.05) is 0 Å². The number of pyridine rings is 8. The van der Waals surface area contributed by atoms with Crippen molar-refractivity contribution < 1.29 is 36.5 Å². The molecule has 0 saturated carbocycles. The second-order valence-electron chi connectivity index (χ2n) is 26.9.